The van der Waals surface area contributed by atoms with E-state index in [0.717, 1.165) is 21.8 Å². The van der Waals surface area contributed by atoms with Crippen LogP contribution in [0.4, 0.5) is 0 Å². The van der Waals surface area contributed by atoms with Crippen molar-refractivity contribution in [2.45, 2.75) is 27.4 Å². The van der Waals surface area contributed by atoms with Crippen LogP contribution < -0.4 is 0 Å². The van der Waals surface area contributed by atoms with E-state index < -0.39 is 11.8 Å². The van der Waals surface area contributed by atoms with Gasteiger partial charge < -0.3 is 0 Å². The second-order valence-corrected chi connectivity index (χ2v) is 5.60. The lowest BCUT2D eigenvalue weighted by Gasteiger charge is -2.16. The zero-order valence-electron chi connectivity index (χ0n) is 12.8. The third kappa shape index (κ3) is 2.31. The summed E-state index contributed by atoms with van der Waals surface area (Å²) < 4.78 is 0. The van der Waals surface area contributed by atoms with Crippen molar-refractivity contribution >= 4 is 11.8 Å². The smallest absolute Gasteiger partial charge is 0.266 e. The summed E-state index contributed by atoms with van der Waals surface area (Å²) in [5.74, 6) is -0.800. The second kappa shape index (κ2) is 5.39. The SMILES string of the molecule is Cc1cc(C)c(CON2C(=O)c3ccccc3C2=O)c(C)c1. The van der Waals surface area contributed by atoms with E-state index in [1.165, 1.54) is 5.56 Å². The van der Waals surface area contributed by atoms with Gasteiger partial charge in [-0.15, -0.1) is 5.06 Å². The topological polar surface area (TPSA) is 46.6 Å². The van der Waals surface area contributed by atoms with Gasteiger partial charge in [-0.25, -0.2) is 0 Å². The van der Waals surface area contributed by atoms with Crippen LogP contribution in [0.1, 0.15) is 43.0 Å². The molecular weight excluding hydrogens is 278 g/mol. The van der Waals surface area contributed by atoms with Gasteiger partial charge in [-0.05, 0) is 49.6 Å². The lowest BCUT2D eigenvalue weighted by molar-refractivity contribution is -0.101. The Morgan fingerprint density at radius 2 is 1.41 bits per heavy atom. The number of fused-ring (bicyclic) bond motifs is 1. The van der Waals surface area contributed by atoms with E-state index in [2.05, 4.69) is 12.1 Å². The number of hydrogen-bond donors (Lipinski definition) is 0. The number of amides is 2. The van der Waals surface area contributed by atoms with Crippen molar-refractivity contribution in [2.24, 2.45) is 0 Å². The molecule has 0 fully saturated rings. The minimum absolute atomic E-state index is 0.198. The Morgan fingerprint density at radius 1 is 0.909 bits per heavy atom. The number of aryl methyl sites for hydroxylation is 3. The molecule has 0 saturated carbocycles. The Bertz CT molecular complexity index is 722. The molecule has 0 radical (unpaired) electrons. The third-order valence-corrected chi connectivity index (χ3v) is 3.94. The molecule has 0 aromatic heterocycles. The average molecular weight is 295 g/mol. The van der Waals surface area contributed by atoms with Crippen molar-refractivity contribution in [1.29, 1.82) is 0 Å². The van der Waals surface area contributed by atoms with Crippen molar-refractivity contribution in [1.82, 2.24) is 5.06 Å². The normalized spacial score (nSPS) is 13.7. The number of hydroxylamine groups is 2. The van der Waals surface area contributed by atoms with Crippen LogP contribution >= 0.6 is 0 Å². The van der Waals surface area contributed by atoms with Crippen molar-refractivity contribution < 1.29 is 14.4 Å². The van der Waals surface area contributed by atoms with Crippen molar-refractivity contribution in [2.75, 3.05) is 0 Å². The maximum absolute atomic E-state index is 12.2. The van der Waals surface area contributed by atoms with Gasteiger partial charge in [0.15, 0.2) is 0 Å². The number of carbonyl (C=O) groups excluding carboxylic acids is 2. The molecule has 112 valence electrons. The number of carbonyl (C=O) groups is 2. The van der Waals surface area contributed by atoms with Crippen LogP contribution in [0.15, 0.2) is 36.4 Å². The van der Waals surface area contributed by atoms with Crippen LogP contribution in [0.5, 0.6) is 0 Å². The van der Waals surface area contributed by atoms with Crippen LogP contribution in [-0.2, 0) is 11.4 Å². The molecule has 1 aliphatic rings. The Balaban J connectivity index is 1.82. The molecule has 0 bridgehead atoms. The Hall–Kier alpha value is -2.46. The predicted molar refractivity (Wildman–Crippen MR) is 82.4 cm³/mol. The molecule has 0 saturated heterocycles. The summed E-state index contributed by atoms with van der Waals surface area (Å²) in [6, 6.07) is 10.9. The average Bonchev–Trinajstić information content (AvgIpc) is 2.71. The molecule has 2 aromatic carbocycles. The summed E-state index contributed by atoms with van der Waals surface area (Å²) in [5, 5.41) is 0.864. The maximum atomic E-state index is 12.2. The zero-order valence-corrected chi connectivity index (χ0v) is 12.8. The number of rotatable bonds is 3. The van der Waals surface area contributed by atoms with Gasteiger partial charge in [0.2, 0.25) is 0 Å². The molecule has 22 heavy (non-hydrogen) atoms. The summed E-state index contributed by atoms with van der Waals surface area (Å²) in [6.07, 6.45) is 0. The highest BCUT2D eigenvalue weighted by molar-refractivity contribution is 6.20. The largest absolute Gasteiger partial charge is 0.285 e. The number of benzene rings is 2. The zero-order chi connectivity index (χ0) is 15.9. The fraction of sp³-hybridized carbons (Fsp3) is 0.222. The molecule has 2 aromatic rings. The maximum Gasteiger partial charge on any atom is 0.285 e. The molecule has 0 aliphatic carbocycles. The minimum Gasteiger partial charge on any atom is -0.266 e. The Morgan fingerprint density at radius 3 is 1.91 bits per heavy atom. The molecule has 1 heterocycles. The van der Waals surface area contributed by atoms with Gasteiger partial charge in [0.25, 0.3) is 11.8 Å². The Labute approximate surface area is 129 Å². The van der Waals surface area contributed by atoms with Crippen LogP contribution in [0.25, 0.3) is 0 Å². The highest BCUT2D eigenvalue weighted by Crippen LogP contribution is 2.24. The van der Waals surface area contributed by atoms with E-state index in [-0.39, 0.29) is 6.61 Å². The summed E-state index contributed by atoms with van der Waals surface area (Å²) in [5.41, 5.74) is 5.15. The van der Waals surface area contributed by atoms with Gasteiger partial charge in [0.05, 0.1) is 11.1 Å². The standard InChI is InChI=1S/C18H17NO3/c1-11-8-12(2)16(13(3)9-11)10-22-19-17(20)14-6-4-5-7-15(14)18(19)21/h4-9H,10H2,1-3H3. The fourth-order valence-corrected chi connectivity index (χ4v) is 2.85. The van der Waals surface area contributed by atoms with Crippen LogP contribution in [-0.4, -0.2) is 16.9 Å². The van der Waals surface area contributed by atoms with Gasteiger partial charge in [0.1, 0.15) is 6.61 Å². The van der Waals surface area contributed by atoms with Gasteiger partial charge in [0, 0.05) is 0 Å². The predicted octanol–water partition coefficient (Wildman–Crippen LogP) is 3.34. The molecule has 0 atom stereocenters. The number of hydrogen-bond acceptors (Lipinski definition) is 3. The van der Waals surface area contributed by atoms with Gasteiger partial charge in [-0.2, -0.15) is 0 Å². The summed E-state index contributed by atoms with van der Waals surface area (Å²) >= 11 is 0. The minimum atomic E-state index is -0.400. The summed E-state index contributed by atoms with van der Waals surface area (Å²) in [4.78, 5) is 30.0. The van der Waals surface area contributed by atoms with Crippen molar-refractivity contribution in [3.8, 4) is 0 Å². The molecule has 2 amide bonds. The van der Waals surface area contributed by atoms with Gasteiger partial charge in [-0.1, -0.05) is 29.8 Å². The van der Waals surface area contributed by atoms with Gasteiger partial charge in [-0.3, -0.25) is 14.4 Å². The first-order chi connectivity index (χ1) is 10.5. The molecule has 4 nitrogen and oxygen atoms in total. The molecule has 0 unspecified atom stereocenters. The van der Waals surface area contributed by atoms with Gasteiger partial charge >= 0.3 is 0 Å². The number of nitrogens with zero attached hydrogens (tertiary/aromatic N) is 1. The molecule has 4 heteroatoms. The third-order valence-electron chi connectivity index (χ3n) is 3.94. The van der Waals surface area contributed by atoms with Crippen LogP contribution in [0.3, 0.4) is 0 Å². The molecule has 0 spiro atoms. The van der Waals surface area contributed by atoms with E-state index >= 15 is 0 Å². The quantitative estimate of drug-likeness (QED) is 0.816. The van der Waals surface area contributed by atoms with E-state index in [4.69, 9.17) is 4.84 Å². The van der Waals surface area contributed by atoms with E-state index in [1.807, 2.05) is 20.8 Å². The van der Waals surface area contributed by atoms with Crippen LogP contribution in [0.2, 0.25) is 0 Å². The highest BCUT2D eigenvalue weighted by atomic mass is 16.7. The first-order valence-electron chi connectivity index (χ1n) is 7.16. The first kappa shape index (κ1) is 14.5. The van der Waals surface area contributed by atoms with Crippen LogP contribution in [0, 0.1) is 20.8 Å². The van der Waals surface area contributed by atoms with E-state index in [1.54, 1.807) is 24.3 Å². The molecule has 0 N–H and O–H groups in total. The summed E-state index contributed by atoms with van der Waals surface area (Å²) in [7, 11) is 0. The molecule has 1 aliphatic heterocycles. The number of imide groups is 1. The van der Waals surface area contributed by atoms with E-state index in [0.29, 0.717) is 11.1 Å². The second-order valence-electron chi connectivity index (χ2n) is 5.60. The van der Waals surface area contributed by atoms with E-state index in [9.17, 15) is 9.59 Å². The van der Waals surface area contributed by atoms with Crippen molar-refractivity contribution in [3.63, 3.8) is 0 Å². The molecule has 3 rings (SSSR count). The highest BCUT2D eigenvalue weighted by Gasteiger charge is 2.36. The lowest BCUT2D eigenvalue weighted by Crippen LogP contribution is -2.30. The monoisotopic (exact) mass is 295 g/mol. The summed E-state index contributed by atoms with van der Waals surface area (Å²) in [6.45, 7) is 6.24. The fourth-order valence-electron chi connectivity index (χ4n) is 2.85. The lowest BCUT2D eigenvalue weighted by atomic mass is 10.0. The van der Waals surface area contributed by atoms with Crippen molar-refractivity contribution in [3.05, 3.63) is 69.8 Å². The first-order valence-corrected chi connectivity index (χ1v) is 7.16. The Kier molecular flexibility index (Phi) is 3.54. The molecular formula is C18H17NO3.